The van der Waals surface area contributed by atoms with Gasteiger partial charge < -0.3 is 19.5 Å². The predicted octanol–water partition coefficient (Wildman–Crippen LogP) is 6.63. The summed E-state index contributed by atoms with van der Waals surface area (Å²) in [4.78, 5) is 12.7. The lowest BCUT2D eigenvalue weighted by atomic mass is 10.1. The number of nitrogens with zero attached hydrogens (tertiary/aromatic N) is 1. The largest absolute Gasteiger partial charge is 0.492 e. The molecule has 0 aliphatic carbocycles. The molecule has 3 rings (SSSR count). The Balaban J connectivity index is 1.69. The Labute approximate surface area is 211 Å². The van der Waals surface area contributed by atoms with E-state index >= 15 is 0 Å². The van der Waals surface area contributed by atoms with Crippen LogP contribution in [-0.4, -0.2) is 19.6 Å². The number of hydrogen-bond acceptors (Lipinski definition) is 5. The molecule has 0 bridgehead atoms. The molecule has 0 spiro atoms. The average molecular weight is 542 g/mol. The number of benzene rings is 3. The van der Waals surface area contributed by atoms with Gasteiger partial charge in [-0.2, -0.15) is 5.26 Å². The van der Waals surface area contributed by atoms with Gasteiger partial charge in [-0.25, -0.2) is 0 Å². The smallest absolute Gasteiger partial charge is 0.266 e. The van der Waals surface area contributed by atoms with Gasteiger partial charge in [0, 0.05) is 16.3 Å². The molecule has 3 aromatic rings. The number of nitrogens with one attached hydrogen (secondary N) is 1. The molecule has 0 saturated carbocycles. The first kappa shape index (κ1) is 25.2. The second-order valence-electron chi connectivity index (χ2n) is 7.00. The molecule has 3 aromatic carbocycles. The van der Waals surface area contributed by atoms with Gasteiger partial charge in [0.05, 0.1) is 18.2 Å². The van der Waals surface area contributed by atoms with E-state index < -0.39 is 5.91 Å². The zero-order valence-electron chi connectivity index (χ0n) is 18.6. The van der Waals surface area contributed by atoms with Crippen LogP contribution in [0.25, 0.3) is 6.08 Å². The lowest BCUT2D eigenvalue weighted by Gasteiger charge is -2.12. The molecule has 174 valence electrons. The molecule has 1 N–H and O–H groups in total. The summed E-state index contributed by atoms with van der Waals surface area (Å²) in [6.07, 6.45) is 1.49. The molecule has 0 aromatic heterocycles. The van der Waals surface area contributed by atoms with Crippen molar-refractivity contribution in [2.75, 3.05) is 19.0 Å². The standard InChI is InChI=1S/C26H22BrClN2O4/c1-3-33-24-14-17(13-22(27)25(24)32-2)12-19(15-29)26(31)30-20-8-10-21(11-9-20)34-16-18-6-4-5-7-23(18)28/h4-14H,3,16H2,1-2H3,(H,30,31)/b19-12+. The maximum absolute atomic E-state index is 12.7. The van der Waals surface area contributed by atoms with Crippen LogP contribution >= 0.6 is 27.5 Å². The van der Waals surface area contributed by atoms with Gasteiger partial charge in [-0.3, -0.25) is 4.79 Å². The van der Waals surface area contributed by atoms with E-state index in [0.29, 0.717) is 51.2 Å². The number of ether oxygens (including phenoxy) is 3. The summed E-state index contributed by atoms with van der Waals surface area (Å²) >= 11 is 9.58. The predicted molar refractivity (Wildman–Crippen MR) is 136 cm³/mol. The molecule has 8 heteroatoms. The summed E-state index contributed by atoms with van der Waals surface area (Å²) in [7, 11) is 1.54. The van der Waals surface area contributed by atoms with Crippen molar-refractivity contribution in [3.63, 3.8) is 0 Å². The highest BCUT2D eigenvalue weighted by molar-refractivity contribution is 9.10. The quantitative estimate of drug-likeness (QED) is 0.243. The zero-order valence-corrected chi connectivity index (χ0v) is 20.9. The van der Waals surface area contributed by atoms with Crippen molar-refractivity contribution in [2.45, 2.75) is 13.5 Å². The van der Waals surface area contributed by atoms with Crippen LogP contribution in [0.15, 0.2) is 70.7 Å². The van der Waals surface area contributed by atoms with E-state index in [1.165, 1.54) is 6.08 Å². The molecule has 0 saturated heterocycles. The monoisotopic (exact) mass is 540 g/mol. The molecule has 34 heavy (non-hydrogen) atoms. The Kier molecular flexibility index (Phi) is 8.97. The minimum Gasteiger partial charge on any atom is -0.492 e. The SMILES string of the molecule is CCOc1cc(/C=C(\C#N)C(=O)Nc2ccc(OCc3ccccc3Cl)cc2)cc(Br)c1OC. The number of methoxy groups -OCH3 is 1. The van der Waals surface area contributed by atoms with Crippen molar-refractivity contribution in [2.24, 2.45) is 0 Å². The first-order chi connectivity index (χ1) is 16.4. The van der Waals surface area contributed by atoms with Crippen molar-refractivity contribution in [1.29, 1.82) is 5.26 Å². The highest BCUT2D eigenvalue weighted by atomic mass is 79.9. The maximum atomic E-state index is 12.7. The molecule has 1 amide bonds. The summed E-state index contributed by atoms with van der Waals surface area (Å²) in [5.41, 5.74) is 1.97. The van der Waals surface area contributed by atoms with Crippen LogP contribution in [0, 0.1) is 11.3 Å². The summed E-state index contributed by atoms with van der Waals surface area (Å²) < 4.78 is 17.3. The zero-order chi connectivity index (χ0) is 24.5. The van der Waals surface area contributed by atoms with Crippen molar-refractivity contribution in [3.8, 4) is 23.3 Å². The molecular weight excluding hydrogens is 520 g/mol. The number of rotatable bonds is 9. The minimum absolute atomic E-state index is 0.0569. The fourth-order valence-corrected chi connectivity index (χ4v) is 3.87. The van der Waals surface area contributed by atoms with Gasteiger partial charge in [0.2, 0.25) is 0 Å². The highest BCUT2D eigenvalue weighted by Gasteiger charge is 2.14. The molecule has 0 radical (unpaired) electrons. The molecule has 0 aliphatic heterocycles. The molecule has 0 aliphatic rings. The van der Waals surface area contributed by atoms with Gasteiger partial charge in [0.1, 0.15) is 24.0 Å². The maximum Gasteiger partial charge on any atom is 0.266 e. The molecule has 0 atom stereocenters. The van der Waals surface area contributed by atoms with E-state index in [-0.39, 0.29) is 5.57 Å². The number of halogens is 2. The topological polar surface area (TPSA) is 80.6 Å². The number of hydrogen-bond donors (Lipinski definition) is 1. The van der Waals surface area contributed by atoms with Crippen molar-refractivity contribution in [1.82, 2.24) is 0 Å². The van der Waals surface area contributed by atoms with Gasteiger partial charge >= 0.3 is 0 Å². The van der Waals surface area contributed by atoms with Gasteiger partial charge in [-0.05, 0) is 77.0 Å². The van der Waals surface area contributed by atoms with Gasteiger partial charge in [-0.1, -0.05) is 29.8 Å². The molecule has 0 fully saturated rings. The lowest BCUT2D eigenvalue weighted by molar-refractivity contribution is -0.112. The number of carbonyl (C=O) groups is 1. The van der Waals surface area contributed by atoms with Crippen LogP contribution in [0.3, 0.4) is 0 Å². The van der Waals surface area contributed by atoms with Gasteiger partial charge in [-0.15, -0.1) is 0 Å². The van der Waals surface area contributed by atoms with E-state index in [2.05, 4.69) is 21.2 Å². The third-order valence-corrected chi connectivity index (χ3v) is 5.63. The highest BCUT2D eigenvalue weighted by Crippen LogP contribution is 2.37. The Morgan fingerprint density at radius 1 is 1.15 bits per heavy atom. The molecule has 6 nitrogen and oxygen atoms in total. The summed E-state index contributed by atoms with van der Waals surface area (Å²) in [5, 5.41) is 12.9. The normalized spacial score (nSPS) is 10.9. The second-order valence-corrected chi connectivity index (χ2v) is 8.26. The summed E-state index contributed by atoms with van der Waals surface area (Å²) in [5.74, 6) is 1.15. The van der Waals surface area contributed by atoms with Gasteiger partial charge in [0.25, 0.3) is 5.91 Å². The summed E-state index contributed by atoms with van der Waals surface area (Å²) in [6.45, 7) is 2.63. The van der Waals surface area contributed by atoms with Crippen LogP contribution in [0.5, 0.6) is 17.2 Å². The van der Waals surface area contributed by atoms with Crippen LogP contribution in [-0.2, 0) is 11.4 Å². The number of anilines is 1. The van der Waals surface area contributed by atoms with Crippen LogP contribution in [0.2, 0.25) is 5.02 Å². The lowest BCUT2D eigenvalue weighted by Crippen LogP contribution is -2.13. The van der Waals surface area contributed by atoms with E-state index in [0.717, 1.165) is 5.56 Å². The van der Waals surface area contributed by atoms with E-state index in [4.69, 9.17) is 25.8 Å². The first-order valence-corrected chi connectivity index (χ1v) is 11.5. The summed E-state index contributed by atoms with van der Waals surface area (Å²) in [6, 6.07) is 19.7. The Morgan fingerprint density at radius 3 is 2.53 bits per heavy atom. The van der Waals surface area contributed by atoms with Crippen LogP contribution in [0.1, 0.15) is 18.1 Å². The molecule has 0 unspecified atom stereocenters. The molecule has 0 heterocycles. The Bertz CT molecular complexity index is 1240. The van der Waals surface area contributed by atoms with E-state index in [1.807, 2.05) is 31.2 Å². The fourth-order valence-electron chi connectivity index (χ4n) is 3.06. The van der Waals surface area contributed by atoms with E-state index in [1.54, 1.807) is 49.6 Å². The minimum atomic E-state index is -0.530. The van der Waals surface area contributed by atoms with Crippen molar-refractivity contribution < 1.29 is 19.0 Å². The number of carbonyl (C=O) groups excluding carboxylic acids is 1. The molecular formula is C26H22BrClN2O4. The van der Waals surface area contributed by atoms with E-state index in [9.17, 15) is 10.1 Å². The Morgan fingerprint density at radius 2 is 1.88 bits per heavy atom. The Hall–Kier alpha value is -3.47. The fraction of sp³-hybridized carbons (Fsp3) is 0.154. The van der Waals surface area contributed by atoms with Crippen molar-refractivity contribution in [3.05, 3.63) is 86.9 Å². The third-order valence-electron chi connectivity index (χ3n) is 4.68. The number of amides is 1. The average Bonchev–Trinajstić information content (AvgIpc) is 2.83. The van der Waals surface area contributed by atoms with Crippen molar-refractivity contribution >= 4 is 45.2 Å². The van der Waals surface area contributed by atoms with Crippen LogP contribution < -0.4 is 19.5 Å². The number of nitriles is 1. The van der Waals surface area contributed by atoms with Crippen LogP contribution in [0.4, 0.5) is 5.69 Å². The third kappa shape index (κ3) is 6.53. The van der Waals surface area contributed by atoms with Gasteiger partial charge in [0.15, 0.2) is 11.5 Å². The second kappa shape index (κ2) is 12.1. The first-order valence-electron chi connectivity index (χ1n) is 10.3.